The first kappa shape index (κ1) is 25.0. The smallest absolute Gasteiger partial charge is 0.261 e. The van der Waals surface area contributed by atoms with Gasteiger partial charge in [-0.1, -0.05) is 12.1 Å². The van der Waals surface area contributed by atoms with Gasteiger partial charge in [-0.2, -0.15) is 10.4 Å². The number of hydrogen-bond donors (Lipinski definition) is 1. The summed E-state index contributed by atoms with van der Waals surface area (Å²) in [6.45, 7) is 1.87. The van der Waals surface area contributed by atoms with Gasteiger partial charge in [0.15, 0.2) is 0 Å². The van der Waals surface area contributed by atoms with E-state index in [0.29, 0.717) is 21.9 Å². The number of rotatable bonds is 8. The van der Waals surface area contributed by atoms with E-state index in [1.165, 1.54) is 23.5 Å². The zero-order chi connectivity index (χ0) is 26.6. The number of benzene rings is 3. The molecule has 2 heterocycles. The quantitative estimate of drug-likeness (QED) is 0.266. The molecule has 1 amide bonds. The Morgan fingerprint density at radius 1 is 1.11 bits per heavy atom. The maximum Gasteiger partial charge on any atom is 0.261 e. The minimum Gasteiger partial charge on any atom is -0.497 e. The van der Waals surface area contributed by atoms with Crippen LogP contribution in [0.1, 0.15) is 33.8 Å². The topological polar surface area (TPSA) is 89.2 Å². The highest BCUT2D eigenvalue weighted by atomic mass is 32.1. The minimum atomic E-state index is -0.547. The Kier molecular flexibility index (Phi) is 7.07. The van der Waals surface area contributed by atoms with Gasteiger partial charge < -0.3 is 14.8 Å². The molecule has 0 bridgehead atoms. The van der Waals surface area contributed by atoms with Crippen LogP contribution < -0.4 is 14.8 Å². The highest BCUT2D eigenvalue weighted by molar-refractivity contribution is 7.12. The Morgan fingerprint density at radius 3 is 2.66 bits per heavy atom. The van der Waals surface area contributed by atoms with E-state index in [9.17, 15) is 9.18 Å². The molecular weight excluding hydrogens is 503 g/mol. The first-order valence-corrected chi connectivity index (χ1v) is 12.7. The van der Waals surface area contributed by atoms with Gasteiger partial charge >= 0.3 is 0 Å². The summed E-state index contributed by atoms with van der Waals surface area (Å²) in [5.74, 6) is 0.669. The van der Waals surface area contributed by atoms with E-state index in [1.54, 1.807) is 41.6 Å². The van der Waals surface area contributed by atoms with Crippen molar-refractivity contribution in [1.29, 1.82) is 5.26 Å². The molecule has 5 aromatic rings. The van der Waals surface area contributed by atoms with Crippen LogP contribution in [0, 0.1) is 17.1 Å². The van der Waals surface area contributed by atoms with Crippen molar-refractivity contribution in [3.05, 3.63) is 106 Å². The summed E-state index contributed by atoms with van der Waals surface area (Å²) in [4.78, 5) is 13.4. The van der Waals surface area contributed by atoms with Crippen molar-refractivity contribution in [1.82, 2.24) is 15.1 Å². The number of nitrogens with one attached hydrogen (secondary N) is 1. The number of ether oxygens (including phenoxy) is 2. The van der Waals surface area contributed by atoms with Gasteiger partial charge in [0, 0.05) is 10.8 Å². The fraction of sp³-hybridized carbons (Fsp3) is 0.138. The van der Waals surface area contributed by atoms with E-state index in [-0.39, 0.29) is 11.7 Å². The molecule has 5 rings (SSSR count). The monoisotopic (exact) mass is 526 g/mol. The average Bonchev–Trinajstić information content (AvgIpc) is 3.59. The summed E-state index contributed by atoms with van der Waals surface area (Å²) in [5, 5.41) is 19.0. The SMILES string of the molecule is COc1cccc([C@H](Oc2ccc3c(cnn3-c3ccc(F)cc3)c2)[C@H](C)NC(=O)c2cc(C#N)cs2)c1. The summed E-state index contributed by atoms with van der Waals surface area (Å²) in [5.41, 5.74) is 2.86. The molecule has 0 aliphatic rings. The zero-order valence-corrected chi connectivity index (χ0v) is 21.4. The van der Waals surface area contributed by atoms with Gasteiger partial charge in [0.05, 0.1) is 41.0 Å². The van der Waals surface area contributed by atoms with Crippen LogP contribution in [0.25, 0.3) is 16.6 Å². The number of carbonyl (C=O) groups excluding carboxylic acids is 1. The summed E-state index contributed by atoms with van der Waals surface area (Å²) >= 11 is 1.22. The van der Waals surface area contributed by atoms with Crippen LogP contribution in [0.4, 0.5) is 4.39 Å². The Bertz CT molecular complexity index is 1640. The fourth-order valence-electron chi connectivity index (χ4n) is 4.16. The number of nitriles is 1. The van der Waals surface area contributed by atoms with Crippen molar-refractivity contribution < 1.29 is 18.7 Å². The second kappa shape index (κ2) is 10.7. The van der Waals surface area contributed by atoms with E-state index in [0.717, 1.165) is 22.2 Å². The van der Waals surface area contributed by atoms with Crippen molar-refractivity contribution >= 4 is 28.1 Å². The standard InChI is InChI=1S/C29H23FN4O3S/c1-18(33-29(35)27-12-19(15-31)17-38-27)28(20-4-3-5-24(13-20)36-2)37-25-10-11-26-21(14-25)16-32-34(26)23-8-6-22(30)7-9-23/h3-14,16-18,28H,1-2H3,(H,33,35)/t18-,28+/m0/s1. The lowest BCUT2D eigenvalue weighted by Gasteiger charge is -2.27. The van der Waals surface area contributed by atoms with Crippen molar-refractivity contribution in [2.75, 3.05) is 7.11 Å². The number of aromatic nitrogens is 2. The number of fused-ring (bicyclic) bond motifs is 1. The predicted octanol–water partition coefficient (Wildman–Crippen LogP) is 6.04. The Balaban J connectivity index is 1.43. The second-order valence-corrected chi connectivity index (χ2v) is 9.55. The van der Waals surface area contributed by atoms with Crippen LogP contribution in [-0.2, 0) is 0 Å². The lowest BCUT2D eigenvalue weighted by Crippen LogP contribution is -2.39. The average molecular weight is 527 g/mol. The maximum atomic E-state index is 13.4. The molecule has 0 radical (unpaired) electrons. The van der Waals surface area contributed by atoms with E-state index in [1.807, 2.05) is 55.5 Å². The van der Waals surface area contributed by atoms with Gasteiger partial charge in [0.25, 0.3) is 5.91 Å². The Labute approximate surface area is 222 Å². The largest absolute Gasteiger partial charge is 0.497 e. The van der Waals surface area contributed by atoms with Gasteiger partial charge in [0.2, 0.25) is 0 Å². The molecule has 38 heavy (non-hydrogen) atoms. The fourth-order valence-corrected chi connectivity index (χ4v) is 4.90. The molecule has 0 aliphatic carbocycles. The normalized spacial score (nSPS) is 12.5. The number of amides is 1. The van der Waals surface area contributed by atoms with Gasteiger partial charge in [-0.15, -0.1) is 11.3 Å². The molecule has 0 saturated heterocycles. The molecule has 0 fully saturated rings. The molecule has 7 nitrogen and oxygen atoms in total. The van der Waals surface area contributed by atoms with Gasteiger partial charge in [-0.25, -0.2) is 9.07 Å². The molecule has 0 spiro atoms. The summed E-state index contributed by atoms with van der Waals surface area (Å²) < 4.78 is 27.0. The first-order chi connectivity index (χ1) is 18.4. The third-order valence-corrected chi connectivity index (χ3v) is 6.99. The van der Waals surface area contributed by atoms with E-state index in [2.05, 4.69) is 10.4 Å². The maximum absolute atomic E-state index is 13.4. The summed E-state index contributed by atoms with van der Waals surface area (Å²) in [6, 6.07) is 22.4. The van der Waals surface area contributed by atoms with Crippen molar-refractivity contribution in [3.63, 3.8) is 0 Å². The molecule has 3 aromatic carbocycles. The van der Waals surface area contributed by atoms with E-state index < -0.39 is 12.1 Å². The molecule has 190 valence electrons. The van der Waals surface area contributed by atoms with E-state index in [4.69, 9.17) is 14.7 Å². The molecule has 0 unspecified atom stereocenters. The molecule has 1 N–H and O–H groups in total. The van der Waals surface area contributed by atoms with Crippen LogP contribution >= 0.6 is 11.3 Å². The van der Waals surface area contributed by atoms with Gasteiger partial charge in [-0.3, -0.25) is 4.79 Å². The van der Waals surface area contributed by atoms with Crippen molar-refractivity contribution in [3.8, 4) is 23.3 Å². The second-order valence-electron chi connectivity index (χ2n) is 8.64. The van der Waals surface area contributed by atoms with Gasteiger partial charge in [0.1, 0.15) is 29.5 Å². The van der Waals surface area contributed by atoms with Crippen LogP contribution in [0.5, 0.6) is 11.5 Å². The van der Waals surface area contributed by atoms with Gasteiger partial charge in [-0.05, 0) is 73.2 Å². The van der Waals surface area contributed by atoms with Crippen LogP contribution in [0.3, 0.4) is 0 Å². The highest BCUT2D eigenvalue weighted by Crippen LogP contribution is 2.30. The molecule has 2 aromatic heterocycles. The molecule has 0 aliphatic heterocycles. The lowest BCUT2D eigenvalue weighted by atomic mass is 10.0. The number of nitrogens with zero attached hydrogens (tertiary/aromatic N) is 3. The highest BCUT2D eigenvalue weighted by Gasteiger charge is 2.25. The van der Waals surface area contributed by atoms with Crippen molar-refractivity contribution in [2.45, 2.75) is 19.1 Å². The Morgan fingerprint density at radius 2 is 1.92 bits per heavy atom. The Hall–Kier alpha value is -4.68. The summed E-state index contributed by atoms with van der Waals surface area (Å²) in [6.07, 6.45) is 1.18. The number of halogens is 1. The third-order valence-electron chi connectivity index (χ3n) is 6.06. The lowest BCUT2D eigenvalue weighted by molar-refractivity contribution is 0.0886. The van der Waals surface area contributed by atoms with Crippen molar-refractivity contribution in [2.24, 2.45) is 0 Å². The zero-order valence-electron chi connectivity index (χ0n) is 20.6. The number of carbonyl (C=O) groups is 1. The van der Waals surface area contributed by atoms with Crippen LogP contribution in [0.2, 0.25) is 0 Å². The van der Waals surface area contributed by atoms with Crippen LogP contribution in [-0.4, -0.2) is 28.8 Å². The summed E-state index contributed by atoms with van der Waals surface area (Å²) in [7, 11) is 1.59. The molecule has 2 atom stereocenters. The molecule has 0 saturated carbocycles. The molecule has 9 heteroatoms. The predicted molar refractivity (Wildman–Crippen MR) is 143 cm³/mol. The number of thiophene rings is 1. The number of methoxy groups -OCH3 is 1. The number of hydrogen-bond acceptors (Lipinski definition) is 6. The molecular formula is C29H23FN4O3S. The minimum absolute atomic E-state index is 0.281. The van der Waals surface area contributed by atoms with E-state index >= 15 is 0 Å². The first-order valence-electron chi connectivity index (χ1n) is 11.8. The third kappa shape index (κ3) is 5.21. The van der Waals surface area contributed by atoms with Crippen LogP contribution in [0.15, 0.2) is 84.4 Å².